The molecule has 0 atom stereocenters. The molecule has 41 heavy (non-hydrogen) atoms. The second kappa shape index (κ2) is 13.2. The average molecular weight is 670 g/mol. The van der Waals surface area contributed by atoms with Crippen molar-refractivity contribution in [1.82, 2.24) is 25.3 Å². The number of benzene rings is 2. The molecule has 2 aromatic carbocycles. The zero-order chi connectivity index (χ0) is 30.4. The third-order valence-electron chi connectivity index (χ3n) is 5.62. The Morgan fingerprint density at radius 3 is 1.83 bits per heavy atom. The third kappa shape index (κ3) is 11.0. The Hall–Kier alpha value is -3.12. The average Bonchev–Trinajstić information content (AvgIpc) is 2.83. The molecule has 0 aliphatic heterocycles. The number of aromatic nitrogens is 4. The van der Waals surface area contributed by atoms with E-state index in [1.807, 2.05) is 30.3 Å². The number of carbonyl (C=O) groups excluding carboxylic acids is 2. The molecule has 1 aromatic heterocycles. The zero-order valence-corrected chi connectivity index (χ0v) is 28.4. The molecule has 0 fully saturated rings. The maximum atomic E-state index is 12.8. The van der Waals surface area contributed by atoms with Gasteiger partial charge in [0.05, 0.1) is 0 Å². The van der Waals surface area contributed by atoms with Crippen LogP contribution in [-0.4, -0.2) is 79.9 Å². The van der Waals surface area contributed by atoms with Crippen LogP contribution in [0.25, 0.3) is 11.4 Å². The number of hydrogen-bond donors (Lipinski definition) is 0. The molecule has 0 spiro atoms. The fraction of sp³-hybridized carbons (Fsp3) is 0.467. The van der Waals surface area contributed by atoms with Crippen LogP contribution in [0.3, 0.4) is 0 Å². The predicted molar refractivity (Wildman–Crippen MR) is 160 cm³/mol. The molecule has 0 saturated carbocycles. The van der Waals surface area contributed by atoms with Gasteiger partial charge < -0.3 is 0 Å². The van der Waals surface area contributed by atoms with E-state index in [2.05, 4.69) is 47.3 Å². The minimum atomic E-state index is -2.24. The fourth-order valence-electron chi connectivity index (χ4n) is 3.91. The van der Waals surface area contributed by atoms with Gasteiger partial charge in [0.2, 0.25) is 0 Å². The Morgan fingerprint density at radius 1 is 0.805 bits per heavy atom. The standard InChI is InChI=1S/C27H32N5O5.3CH3.Sn/c1-26(2,3)36-23(33)16-32(17-24(34)37-27(4,5)6)15-20-13-12-19(25-30-28-18-29-31-25)14-22(20)35-21-10-8-7-9-11-21;;;;/h8-14,18H,15-17H2,1-6H3;3*1H3;. The summed E-state index contributed by atoms with van der Waals surface area (Å²) < 4.78 is 18.8. The third-order valence-corrected chi connectivity index (χ3v) is 11.5. The molecule has 0 saturated heterocycles. The van der Waals surface area contributed by atoms with Gasteiger partial charge in [0, 0.05) is 0 Å². The number of carbonyl (C=O) groups is 2. The van der Waals surface area contributed by atoms with Crippen molar-refractivity contribution in [3.05, 3.63) is 54.4 Å². The summed E-state index contributed by atoms with van der Waals surface area (Å²) in [5, 5.41) is 15.8. The second-order valence-corrected chi connectivity index (χ2v) is 27.4. The molecule has 0 N–H and O–H groups in total. The van der Waals surface area contributed by atoms with Crippen LogP contribution in [0.2, 0.25) is 14.8 Å². The fourth-order valence-corrected chi connectivity index (χ4v) is 7.24. The first-order chi connectivity index (χ1) is 19.0. The second-order valence-electron chi connectivity index (χ2n) is 12.9. The van der Waals surface area contributed by atoms with Gasteiger partial charge in [-0.25, -0.2) is 0 Å². The number of nitrogens with zero attached hydrogens (tertiary/aromatic N) is 5. The van der Waals surface area contributed by atoms with Crippen LogP contribution < -0.4 is 8.32 Å². The molecule has 220 valence electrons. The van der Waals surface area contributed by atoms with Crippen LogP contribution in [0.5, 0.6) is 11.5 Å². The van der Waals surface area contributed by atoms with E-state index in [1.54, 1.807) is 46.4 Å². The van der Waals surface area contributed by atoms with Gasteiger partial charge in [-0.1, -0.05) is 0 Å². The summed E-state index contributed by atoms with van der Waals surface area (Å²) in [6, 6.07) is 13.7. The molecule has 0 bridgehead atoms. The summed E-state index contributed by atoms with van der Waals surface area (Å²) in [5.74, 6) is 0.651. The molecular weight excluding hydrogens is 629 g/mol. The molecule has 0 aliphatic carbocycles. The van der Waals surface area contributed by atoms with Crippen LogP contribution in [0.1, 0.15) is 47.1 Å². The predicted octanol–water partition coefficient (Wildman–Crippen LogP) is 4.76. The summed E-state index contributed by atoms with van der Waals surface area (Å²) in [6.45, 7) is 10.8. The van der Waals surface area contributed by atoms with Crippen molar-refractivity contribution in [1.29, 1.82) is 0 Å². The van der Waals surface area contributed by atoms with Crippen LogP contribution in [0.4, 0.5) is 0 Å². The van der Waals surface area contributed by atoms with E-state index in [9.17, 15) is 9.59 Å². The van der Waals surface area contributed by atoms with Crippen LogP contribution in [0.15, 0.2) is 48.8 Å². The number of hydrogen-bond acceptors (Lipinski definition) is 10. The van der Waals surface area contributed by atoms with E-state index < -0.39 is 41.5 Å². The van der Waals surface area contributed by atoms with Crippen molar-refractivity contribution in [3.8, 4) is 22.9 Å². The Bertz CT molecular complexity index is 1300. The maximum absolute atomic E-state index is 12.8. The number of ether oxygens (including phenoxy) is 3. The van der Waals surface area contributed by atoms with Crippen molar-refractivity contribution < 1.29 is 23.8 Å². The summed E-state index contributed by atoms with van der Waals surface area (Å²) >= 11 is -2.24. The van der Waals surface area contributed by atoms with Crippen molar-refractivity contribution in [2.24, 2.45) is 0 Å². The normalized spacial score (nSPS) is 12.2. The topological polar surface area (TPSA) is 117 Å². The quantitative estimate of drug-likeness (QED) is 0.221. The zero-order valence-electron chi connectivity index (χ0n) is 25.5. The van der Waals surface area contributed by atoms with Gasteiger partial charge in [0.25, 0.3) is 0 Å². The first-order valence-corrected chi connectivity index (χ1v) is 23.6. The molecular formula is C30H41N5O5Sn. The molecule has 0 unspecified atom stereocenters. The van der Waals surface area contributed by atoms with E-state index in [-0.39, 0.29) is 19.6 Å². The van der Waals surface area contributed by atoms with Gasteiger partial charge in [-0.05, 0) is 41.5 Å². The van der Waals surface area contributed by atoms with E-state index in [0.717, 1.165) is 5.56 Å². The van der Waals surface area contributed by atoms with Crippen LogP contribution in [-0.2, 0) is 25.6 Å². The molecule has 0 aliphatic rings. The molecule has 0 radical (unpaired) electrons. The molecule has 3 aromatic rings. The van der Waals surface area contributed by atoms with Gasteiger partial charge >= 0.3 is 195 Å². The van der Waals surface area contributed by atoms with Gasteiger partial charge in [0.15, 0.2) is 0 Å². The number of rotatable bonds is 10. The Balaban J connectivity index is 1.96. The van der Waals surface area contributed by atoms with Crippen molar-refractivity contribution >= 4 is 33.9 Å². The first kappa shape index (κ1) is 32.4. The van der Waals surface area contributed by atoms with Gasteiger partial charge in [-0.3, -0.25) is 0 Å². The Morgan fingerprint density at radius 2 is 1.34 bits per heavy atom. The SMILES string of the molecule is CC(C)(C)OC(=O)CN(CC(=O)OC(C)(C)C)Cc1ccc(-c2nncnn2)cc1Oc1cc[c]([Sn]([CH3])([CH3])[CH3])cc1. The van der Waals surface area contributed by atoms with Gasteiger partial charge in [-0.15, -0.1) is 0 Å². The first-order valence-electron chi connectivity index (χ1n) is 13.6. The van der Waals surface area contributed by atoms with E-state index in [4.69, 9.17) is 14.2 Å². The summed E-state index contributed by atoms with van der Waals surface area (Å²) in [5.41, 5.74) is 0.0899. The van der Waals surface area contributed by atoms with Crippen LogP contribution >= 0.6 is 0 Å². The van der Waals surface area contributed by atoms with Gasteiger partial charge in [0.1, 0.15) is 11.2 Å². The van der Waals surface area contributed by atoms with E-state index >= 15 is 0 Å². The Labute approximate surface area is 246 Å². The van der Waals surface area contributed by atoms with E-state index in [0.29, 0.717) is 22.9 Å². The molecule has 0 amide bonds. The molecule has 11 heteroatoms. The summed E-state index contributed by atoms with van der Waals surface area (Å²) in [4.78, 5) is 34.3. The summed E-state index contributed by atoms with van der Waals surface area (Å²) in [6.07, 6.45) is 1.27. The van der Waals surface area contributed by atoms with Crippen molar-refractivity contribution in [3.63, 3.8) is 0 Å². The minimum absolute atomic E-state index is 0.110. The van der Waals surface area contributed by atoms with E-state index in [1.165, 1.54) is 9.91 Å². The molecule has 3 rings (SSSR count). The van der Waals surface area contributed by atoms with Crippen molar-refractivity contribution in [2.75, 3.05) is 13.1 Å². The summed E-state index contributed by atoms with van der Waals surface area (Å²) in [7, 11) is 0. The molecule has 10 nitrogen and oxygen atoms in total. The van der Waals surface area contributed by atoms with Crippen molar-refractivity contribution in [2.45, 2.75) is 74.1 Å². The van der Waals surface area contributed by atoms with Crippen LogP contribution in [0, 0.1) is 0 Å². The molecule has 1 heterocycles. The number of esters is 2. The van der Waals surface area contributed by atoms with Gasteiger partial charge in [-0.2, -0.15) is 0 Å². The Kier molecular flexibility index (Phi) is 10.5. The monoisotopic (exact) mass is 671 g/mol.